The Bertz CT molecular complexity index is 712. The Morgan fingerprint density at radius 2 is 1.74 bits per heavy atom. The van der Waals surface area contributed by atoms with Gasteiger partial charge in [-0.05, 0) is 38.1 Å². The van der Waals surface area contributed by atoms with Crippen molar-refractivity contribution in [1.82, 2.24) is 0 Å². The van der Waals surface area contributed by atoms with Crippen molar-refractivity contribution in [1.29, 1.82) is 0 Å². The number of carbonyl (C=O) groups excluding carboxylic acids is 2. The number of anilines is 1. The van der Waals surface area contributed by atoms with Gasteiger partial charge in [-0.15, -0.1) is 0 Å². The number of rotatable bonds is 6. The lowest BCUT2D eigenvalue weighted by Crippen LogP contribution is -2.30. The summed E-state index contributed by atoms with van der Waals surface area (Å²) in [5, 5.41) is 2.74. The third kappa shape index (κ3) is 4.57. The van der Waals surface area contributed by atoms with E-state index in [0.717, 1.165) is 0 Å². The molecule has 0 fully saturated rings. The molecule has 5 heteroatoms. The fraction of sp³-hybridized carbons (Fsp3) is 0.222. The van der Waals surface area contributed by atoms with E-state index in [-0.39, 0.29) is 11.7 Å². The number of amides is 1. The SMILES string of the molecule is COc1cccc(O[C@H](C)C(=O)Nc2cccc(C(C)=O)c2)c1. The van der Waals surface area contributed by atoms with Gasteiger partial charge in [0.1, 0.15) is 11.5 Å². The Morgan fingerprint density at radius 1 is 1.04 bits per heavy atom. The molecule has 0 spiro atoms. The maximum absolute atomic E-state index is 12.2. The van der Waals surface area contributed by atoms with E-state index in [9.17, 15) is 9.59 Å². The van der Waals surface area contributed by atoms with Crippen molar-refractivity contribution in [2.24, 2.45) is 0 Å². The van der Waals surface area contributed by atoms with Crippen molar-refractivity contribution in [2.75, 3.05) is 12.4 Å². The Morgan fingerprint density at radius 3 is 2.43 bits per heavy atom. The normalized spacial score (nSPS) is 11.4. The summed E-state index contributed by atoms with van der Waals surface area (Å²) in [6.45, 7) is 3.14. The molecule has 0 heterocycles. The molecule has 0 aromatic heterocycles. The van der Waals surface area contributed by atoms with Crippen LogP contribution < -0.4 is 14.8 Å². The zero-order valence-electron chi connectivity index (χ0n) is 13.3. The van der Waals surface area contributed by atoms with Gasteiger partial charge in [-0.25, -0.2) is 0 Å². The lowest BCUT2D eigenvalue weighted by Gasteiger charge is -2.15. The second kappa shape index (κ2) is 7.45. The molecule has 1 atom stereocenters. The Balaban J connectivity index is 2.02. The lowest BCUT2D eigenvalue weighted by molar-refractivity contribution is -0.122. The molecule has 0 aliphatic rings. The Hall–Kier alpha value is -2.82. The summed E-state index contributed by atoms with van der Waals surface area (Å²) in [5.74, 6) is 0.851. The molecule has 0 saturated carbocycles. The number of ketones is 1. The van der Waals surface area contributed by atoms with Crippen LogP contribution in [0.2, 0.25) is 0 Å². The van der Waals surface area contributed by atoms with Gasteiger partial charge < -0.3 is 14.8 Å². The predicted octanol–water partition coefficient (Wildman–Crippen LogP) is 3.30. The zero-order chi connectivity index (χ0) is 16.8. The first-order chi connectivity index (χ1) is 11.0. The van der Waals surface area contributed by atoms with E-state index in [4.69, 9.17) is 9.47 Å². The quantitative estimate of drug-likeness (QED) is 0.831. The maximum Gasteiger partial charge on any atom is 0.265 e. The van der Waals surface area contributed by atoms with Gasteiger partial charge in [0.2, 0.25) is 0 Å². The van der Waals surface area contributed by atoms with Crippen molar-refractivity contribution in [2.45, 2.75) is 20.0 Å². The fourth-order valence-electron chi connectivity index (χ4n) is 1.99. The Labute approximate surface area is 135 Å². The van der Waals surface area contributed by atoms with E-state index in [2.05, 4.69) is 5.32 Å². The predicted molar refractivity (Wildman–Crippen MR) is 88.2 cm³/mol. The highest BCUT2D eigenvalue weighted by atomic mass is 16.5. The second-order valence-corrected chi connectivity index (χ2v) is 5.07. The number of ether oxygens (including phenoxy) is 2. The third-order valence-electron chi connectivity index (χ3n) is 3.26. The summed E-state index contributed by atoms with van der Waals surface area (Å²) < 4.78 is 10.7. The van der Waals surface area contributed by atoms with E-state index >= 15 is 0 Å². The zero-order valence-corrected chi connectivity index (χ0v) is 13.3. The smallest absolute Gasteiger partial charge is 0.265 e. The molecule has 0 bridgehead atoms. The van der Waals surface area contributed by atoms with Gasteiger partial charge >= 0.3 is 0 Å². The number of carbonyl (C=O) groups is 2. The molecular weight excluding hydrogens is 294 g/mol. The topological polar surface area (TPSA) is 64.6 Å². The van der Waals surface area contributed by atoms with E-state index in [1.54, 1.807) is 62.6 Å². The van der Waals surface area contributed by atoms with Crippen molar-refractivity contribution in [3.63, 3.8) is 0 Å². The van der Waals surface area contributed by atoms with Gasteiger partial charge in [0.15, 0.2) is 11.9 Å². The van der Waals surface area contributed by atoms with Crippen LogP contribution in [0, 0.1) is 0 Å². The summed E-state index contributed by atoms with van der Waals surface area (Å²) >= 11 is 0. The molecule has 0 aliphatic heterocycles. The highest BCUT2D eigenvalue weighted by molar-refractivity contribution is 5.98. The van der Waals surface area contributed by atoms with Gasteiger partial charge in [-0.1, -0.05) is 18.2 Å². The molecule has 2 aromatic rings. The molecule has 1 N–H and O–H groups in total. The minimum atomic E-state index is -0.692. The molecule has 5 nitrogen and oxygen atoms in total. The van der Waals surface area contributed by atoms with Crippen LogP contribution in [-0.2, 0) is 4.79 Å². The molecule has 0 saturated heterocycles. The average molecular weight is 313 g/mol. The third-order valence-corrected chi connectivity index (χ3v) is 3.26. The van der Waals surface area contributed by atoms with Crippen LogP contribution in [0.4, 0.5) is 5.69 Å². The van der Waals surface area contributed by atoms with Crippen molar-refractivity contribution in [3.05, 3.63) is 54.1 Å². The number of methoxy groups -OCH3 is 1. The van der Waals surface area contributed by atoms with Gasteiger partial charge in [-0.2, -0.15) is 0 Å². The van der Waals surface area contributed by atoms with E-state index < -0.39 is 6.10 Å². The highest BCUT2D eigenvalue weighted by Crippen LogP contribution is 2.20. The molecule has 1 amide bonds. The van der Waals surface area contributed by atoms with Crippen LogP contribution in [0.1, 0.15) is 24.2 Å². The molecule has 2 rings (SSSR count). The number of hydrogen-bond acceptors (Lipinski definition) is 4. The van der Waals surface area contributed by atoms with Crippen molar-refractivity contribution < 1.29 is 19.1 Å². The van der Waals surface area contributed by atoms with E-state index in [1.165, 1.54) is 6.92 Å². The van der Waals surface area contributed by atoms with Crippen molar-refractivity contribution >= 4 is 17.4 Å². The van der Waals surface area contributed by atoms with Crippen molar-refractivity contribution in [3.8, 4) is 11.5 Å². The van der Waals surface area contributed by atoms with Crippen LogP contribution in [0.5, 0.6) is 11.5 Å². The summed E-state index contributed by atoms with van der Waals surface area (Å²) in [6.07, 6.45) is -0.692. The van der Waals surface area contributed by atoms with E-state index in [1.807, 2.05) is 0 Å². The first-order valence-electron chi connectivity index (χ1n) is 7.22. The van der Waals surface area contributed by atoms with E-state index in [0.29, 0.717) is 22.7 Å². The first-order valence-corrected chi connectivity index (χ1v) is 7.22. The largest absolute Gasteiger partial charge is 0.497 e. The number of hydrogen-bond donors (Lipinski definition) is 1. The standard InChI is InChI=1S/C18H19NO4/c1-12(20)14-6-4-7-15(10-14)19-18(21)13(2)23-17-9-5-8-16(11-17)22-3/h4-11,13H,1-3H3,(H,19,21)/t13-/m1/s1. The highest BCUT2D eigenvalue weighted by Gasteiger charge is 2.15. The number of benzene rings is 2. The lowest BCUT2D eigenvalue weighted by atomic mass is 10.1. The first kappa shape index (κ1) is 16.5. The van der Waals surface area contributed by atoms with Gasteiger partial charge in [0.05, 0.1) is 7.11 Å². The molecule has 23 heavy (non-hydrogen) atoms. The van der Waals surface area contributed by atoms with Gasteiger partial charge in [-0.3, -0.25) is 9.59 Å². The maximum atomic E-state index is 12.2. The van der Waals surface area contributed by atoms with Crippen LogP contribution in [0.25, 0.3) is 0 Å². The molecule has 0 aliphatic carbocycles. The van der Waals surface area contributed by atoms with Crippen LogP contribution in [0.15, 0.2) is 48.5 Å². The van der Waals surface area contributed by atoms with Crippen LogP contribution >= 0.6 is 0 Å². The van der Waals surface area contributed by atoms with Gasteiger partial charge in [0, 0.05) is 17.3 Å². The summed E-state index contributed by atoms with van der Waals surface area (Å²) in [7, 11) is 1.57. The van der Waals surface area contributed by atoms with Crippen LogP contribution in [-0.4, -0.2) is 24.9 Å². The minimum absolute atomic E-state index is 0.0539. The molecule has 120 valence electrons. The molecule has 0 unspecified atom stereocenters. The fourth-order valence-corrected chi connectivity index (χ4v) is 1.99. The summed E-state index contributed by atoms with van der Waals surface area (Å²) in [6, 6.07) is 13.8. The van der Waals surface area contributed by atoms with Gasteiger partial charge in [0.25, 0.3) is 5.91 Å². The molecule has 0 radical (unpaired) electrons. The monoisotopic (exact) mass is 313 g/mol. The molecular formula is C18H19NO4. The average Bonchev–Trinajstić information content (AvgIpc) is 2.55. The molecule has 2 aromatic carbocycles. The summed E-state index contributed by atoms with van der Waals surface area (Å²) in [4.78, 5) is 23.6. The van der Waals surface area contributed by atoms with Crippen LogP contribution in [0.3, 0.4) is 0 Å². The second-order valence-electron chi connectivity index (χ2n) is 5.07. The number of nitrogens with one attached hydrogen (secondary N) is 1. The Kier molecular flexibility index (Phi) is 5.36. The summed E-state index contributed by atoms with van der Waals surface area (Å²) in [5.41, 5.74) is 1.10. The minimum Gasteiger partial charge on any atom is -0.497 e. The number of Topliss-reactive ketones (excluding diaryl/α,β-unsaturated/α-hetero) is 1.